The van der Waals surface area contributed by atoms with Gasteiger partial charge in [0.1, 0.15) is 5.69 Å². The predicted octanol–water partition coefficient (Wildman–Crippen LogP) is 4.11. The minimum absolute atomic E-state index is 0.0302. The number of amides is 1. The van der Waals surface area contributed by atoms with Gasteiger partial charge in [0.2, 0.25) is 6.79 Å². The van der Waals surface area contributed by atoms with E-state index in [0.717, 1.165) is 35.1 Å². The summed E-state index contributed by atoms with van der Waals surface area (Å²) in [5.41, 5.74) is 4.64. The summed E-state index contributed by atoms with van der Waals surface area (Å²) in [5, 5.41) is 12.8. The van der Waals surface area contributed by atoms with Crippen molar-refractivity contribution in [1.29, 1.82) is 0 Å². The monoisotopic (exact) mass is 521 g/mol. The second kappa shape index (κ2) is 11.4. The summed E-state index contributed by atoms with van der Waals surface area (Å²) >= 11 is 0. The minimum Gasteiger partial charge on any atom is -0.454 e. The van der Waals surface area contributed by atoms with Crippen LogP contribution in [0.1, 0.15) is 59.4 Å². The van der Waals surface area contributed by atoms with E-state index in [-0.39, 0.29) is 25.3 Å². The van der Waals surface area contributed by atoms with Crippen LogP contribution in [0.3, 0.4) is 0 Å². The van der Waals surface area contributed by atoms with Crippen LogP contribution >= 0.6 is 0 Å². The Morgan fingerprint density at radius 1 is 1.16 bits per heavy atom. The standard InChI is InChI=1S/C28H31N3O5S/c1-2-3-13-37(34)31-17-21-15-22(28(33)29-16-19-9-10-24-25(14-19)36-18-35-24)30-27(20-7-5-4-6-8-20)26(21)23(31)11-12-32/h4-10,14-15,23,32H,2-3,11-13,16-18H2,1H3,(H,29,33)/t23-,37?/m1/s1. The summed E-state index contributed by atoms with van der Waals surface area (Å²) in [7, 11) is -1.19. The van der Waals surface area contributed by atoms with Crippen molar-refractivity contribution in [2.75, 3.05) is 19.2 Å². The molecule has 0 radical (unpaired) electrons. The largest absolute Gasteiger partial charge is 0.454 e. The Bertz CT molecular complexity index is 1300. The number of fused-ring (bicyclic) bond motifs is 2. The lowest BCUT2D eigenvalue weighted by molar-refractivity contribution is 0.0946. The van der Waals surface area contributed by atoms with Crippen molar-refractivity contribution in [1.82, 2.24) is 14.6 Å². The van der Waals surface area contributed by atoms with Crippen molar-refractivity contribution in [3.63, 3.8) is 0 Å². The second-order valence-corrected chi connectivity index (χ2v) is 10.7. The fraction of sp³-hybridized carbons (Fsp3) is 0.357. The molecule has 0 aliphatic carbocycles. The number of aromatic nitrogens is 1. The number of nitrogens with zero attached hydrogens (tertiary/aromatic N) is 2. The molecule has 1 unspecified atom stereocenters. The topological polar surface area (TPSA) is 101 Å². The van der Waals surface area contributed by atoms with Crippen molar-refractivity contribution in [3.05, 3.63) is 77.0 Å². The van der Waals surface area contributed by atoms with Gasteiger partial charge in [-0.3, -0.25) is 4.79 Å². The zero-order chi connectivity index (χ0) is 25.8. The maximum absolute atomic E-state index is 13.3. The van der Waals surface area contributed by atoms with Gasteiger partial charge in [0, 0.05) is 36.6 Å². The first-order valence-corrected chi connectivity index (χ1v) is 13.9. The summed E-state index contributed by atoms with van der Waals surface area (Å²) in [5.74, 6) is 1.64. The molecule has 194 valence electrons. The van der Waals surface area contributed by atoms with Crippen LogP contribution in [0.4, 0.5) is 0 Å². The molecule has 8 nitrogen and oxygen atoms in total. The van der Waals surface area contributed by atoms with Gasteiger partial charge in [0.15, 0.2) is 11.5 Å². The third-order valence-electron chi connectivity index (χ3n) is 6.66. The number of unbranched alkanes of at least 4 members (excludes halogenated alkanes) is 1. The van der Waals surface area contributed by atoms with Crippen LogP contribution in [0.25, 0.3) is 11.3 Å². The summed E-state index contributed by atoms with van der Waals surface area (Å²) < 4.78 is 25.9. The van der Waals surface area contributed by atoms with Crippen molar-refractivity contribution < 1.29 is 23.6 Å². The Morgan fingerprint density at radius 2 is 1.97 bits per heavy atom. The van der Waals surface area contributed by atoms with Crippen LogP contribution < -0.4 is 14.8 Å². The molecule has 0 fully saturated rings. The number of benzene rings is 2. The van der Waals surface area contributed by atoms with Gasteiger partial charge in [-0.2, -0.15) is 0 Å². The Kier molecular flexibility index (Phi) is 7.83. The maximum atomic E-state index is 13.3. The molecule has 2 N–H and O–H groups in total. The number of nitrogens with one attached hydrogen (secondary N) is 1. The molecule has 3 heterocycles. The molecule has 2 aliphatic rings. The highest BCUT2D eigenvalue weighted by molar-refractivity contribution is 7.82. The summed E-state index contributed by atoms with van der Waals surface area (Å²) in [6.45, 7) is 3.00. The number of hydrogen-bond acceptors (Lipinski definition) is 6. The van der Waals surface area contributed by atoms with Gasteiger partial charge in [0.05, 0.1) is 22.7 Å². The number of ether oxygens (including phenoxy) is 2. The molecule has 5 rings (SSSR count). The molecule has 2 aromatic carbocycles. The average molecular weight is 522 g/mol. The smallest absolute Gasteiger partial charge is 0.270 e. The second-order valence-electron chi connectivity index (χ2n) is 9.15. The van der Waals surface area contributed by atoms with E-state index in [2.05, 4.69) is 12.2 Å². The van der Waals surface area contributed by atoms with E-state index in [1.54, 1.807) is 6.07 Å². The van der Waals surface area contributed by atoms with Gasteiger partial charge in [0.25, 0.3) is 5.91 Å². The molecule has 1 aromatic heterocycles. The van der Waals surface area contributed by atoms with Gasteiger partial charge >= 0.3 is 0 Å². The third-order valence-corrected chi connectivity index (χ3v) is 8.20. The van der Waals surface area contributed by atoms with Crippen molar-refractivity contribution in [3.8, 4) is 22.8 Å². The van der Waals surface area contributed by atoms with Crippen LogP contribution in [-0.2, 0) is 24.1 Å². The zero-order valence-electron chi connectivity index (χ0n) is 20.8. The molecular formula is C28H31N3O5S. The third kappa shape index (κ3) is 5.39. The van der Waals surface area contributed by atoms with Crippen molar-refractivity contribution >= 4 is 16.9 Å². The highest BCUT2D eigenvalue weighted by Gasteiger charge is 2.37. The lowest BCUT2D eigenvalue weighted by Crippen LogP contribution is -2.27. The van der Waals surface area contributed by atoms with E-state index in [9.17, 15) is 14.1 Å². The maximum Gasteiger partial charge on any atom is 0.270 e. The Hall–Kier alpha value is -3.27. The fourth-order valence-electron chi connectivity index (χ4n) is 4.80. The summed E-state index contributed by atoms with van der Waals surface area (Å²) in [4.78, 5) is 18.1. The van der Waals surface area contributed by atoms with Crippen molar-refractivity contribution in [2.24, 2.45) is 0 Å². The van der Waals surface area contributed by atoms with Crippen molar-refractivity contribution in [2.45, 2.75) is 45.3 Å². The Morgan fingerprint density at radius 3 is 2.76 bits per heavy atom. The fourth-order valence-corrected chi connectivity index (χ4v) is 6.35. The van der Waals surface area contributed by atoms with Gasteiger partial charge < -0.3 is 19.9 Å². The summed E-state index contributed by atoms with van der Waals surface area (Å²) in [6, 6.07) is 16.9. The SMILES string of the molecule is CCCCS(=O)N1Cc2cc(C(=O)NCc3ccc4c(c3)OCO4)nc(-c3ccccc3)c2[C@H]1CCO. The molecular weight excluding hydrogens is 490 g/mol. The Balaban J connectivity index is 1.46. The average Bonchev–Trinajstić information content (AvgIpc) is 3.55. The molecule has 0 saturated heterocycles. The molecule has 2 atom stereocenters. The molecule has 0 spiro atoms. The molecule has 9 heteroatoms. The van der Waals surface area contributed by atoms with Gasteiger partial charge in [-0.15, -0.1) is 0 Å². The predicted molar refractivity (Wildman–Crippen MR) is 141 cm³/mol. The normalized spacial score (nSPS) is 17.0. The molecule has 37 heavy (non-hydrogen) atoms. The van der Waals surface area contributed by atoms with E-state index in [0.29, 0.717) is 48.2 Å². The number of carbonyl (C=O) groups is 1. The Labute approximate surface area is 219 Å². The molecule has 0 saturated carbocycles. The van der Waals surface area contributed by atoms with E-state index < -0.39 is 11.0 Å². The van der Waals surface area contributed by atoms with Crippen LogP contribution in [0.15, 0.2) is 54.6 Å². The van der Waals surface area contributed by atoms with Crippen LogP contribution in [0, 0.1) is 0 Å². The number of pyridine rings is 1. The van der Waals surface area contributed by atoms with E-state index in [1.165, 1.54) is 0 Å². The van der Waals surface area contributed by atoms with Crippen LogP contribution in [-0.4, -0.2) is 43.7 Å². The number of carbonyl (C=O) groups excluding carboxylic acids is 1. The lowest BCUT2D eigenvalue weighted by atomic mass is 9.96. The number of aliphatic hydroxyl groups is 1. The van der Waals surface area contributed by atoms with E-state index >= 15 is 0 Å². The molecule has 3 aromatic rings. The highest BCUT2D eigenvalue weighted by atomic mass is 32.2. The minimum atomic E-state index is -1.19. The first kappa shape index (κ1) is 25.4. The van der Waals surface area contributed by atoms with Gasteiger partial charge in [-0.1, -0.05) is 49.7 Å². The van der Waals surface area contributed by atoms with Gasteiger partial charge in [-0.05, 0) is 42.2 Å². The molecule has 0 bridgehead atoms. The van der Waals surface area contributed by atoms with Crippen LogP contribution in [0.5, 0.6) is 11.5 Å². The lowest BCUT2D eigenvalue weighted by Gasteiger charge is -2.24. The first-order chi connectivity index (χ1) is 18.1. The van der Waals surface area contributed by atoms with Crippen LogP contribution in [0.2, 0.25) is 0 Å². The quantitative estimate of drug-likeness (QED) is 0.417. The number of aliphatic hydroxyl groups excluding tert-OH is 1. The molecule has 2 aliphatic heterocycles. The first-order valence-electron chi connectivity index (χ1n) is 12.6. The zero-order valence-corrected chi connectivity index (χ0v) is 21.6. The summed E-state index contributed by atoms with van der Waals surface area (Å²) in [6.07, 6.45) is 2.27. The number of hydrogen-bond donors (Lipinski definition) is 2. The molecule has 1 amide bonds. The highest BCUT2D eigenvalue weighted by Crippen LogP contribution is 2.42. The number of rotatable bonds is 10. The van der Waals surface area contributed by atoms with Gasteiger partial charge in [-0.25, -0.2) is 13.5 Å². The van der Waals surface area contributed by atoms with E-state index in [4.69, 9.17) is 14.5 Å². The van der Waals surface area contributed by atoms with E-state index in [1.807, 2.05) is 52.8 Å².